The topological polar surface area (TPSA) is 26.0 Å². The van der Waals surface area contributed by atoms with Gasteiger partial charge in [-0.2, -0.15) is 0 Å². The Hall–Kier alpha value is -1.45. The van der Waals surface area contributed by atoms with Crippen LogP contribution in [0.1, 0.15) is 22.7 Å². The Kier molecular flexibility index (Phi) is 4.17. The summed E-state index contributed by atoms with van der Waals surface area (Å²) in [5.74, 6) is -1.20. The molecule has 0 aliphatic rings. The van der Waals surface area contributed by atoms with Crippen molar-refractivity contribution in [1.29, 1.82) is 0 Å². The summed E-state index contributed by atoms with van der Waals surface area (Å²) in [5, 5.41) is 0.573. The molecule has 0 aliphatic carbocycles. The van der Waals surface area contributed by atoms with Gasteiger partial charge in [0.2, 0.25) is 0 Å². The fourth-order valence-electron chi connectivity index (χ4n) is 2.03. The van der Waals surface area contributed by atoms with E-state index in [9.17, 15) is 8.78 Å². The average Bonchev–Trinajstić information content (AvgIpc) is 2.26. The second-order valence-corrected chi connectivity index (χ2v) is 5.02. The van der Waals surface area contributed by atoms with Gasteiger partial charge in [-0.05, 0) is 48.2 Å². The largest absolute Gasteiger partial charge is 0.324 e. The summed E-state index contributed by atoms with van der Waals surface area (Å²) in [6, 6.07) is 8.59. The molecule has 0 fully saturated rings. The monoisotopic (exact) mass is 281 g/mol. The summed E-state index contributed by atoms with van der Waals surface area (Å²) in [4.78, 5) is 0. The van der Waals surface area contributed by atoms with Crippen LogP contribution in [-0.2, 0) is 6.42 Å². The minimum absolute atomic E-state index is 0.331. The number of aryl methyl sites for hydroxylation is 1. The molecular weight excluding hydrogens is 268 g/mol. The molecule has 0 saturated carbocycles. The van der Waals surface area contributed by atoms with Crippen molar-refractivity contribution in [2.24, 2.45) is 5.73 Å². The molecule has 0 aliphatic heterocycles. The van der Waals surface area contributed by atoms with Crippen molar-refractivity contribution in [1.82, 2.24) is 0 Å². The third-order valence-electron chi connectivity index (χ3n) is 2.93. The predicted molar refractivity (Wildman–Crippen MR) is 73.2 cm³/mol. The number of halogens is 3. The van der Waals surface area contributed by atoms with Crippen LogP contribution in [0.2, 0.25) is 5.02 Å². The first-order valence-corrected chi connectivity index (χ1v) is 6.30. The fourth-order valence-corrected chi connectivity index (χ4v) is 2.40. The van der Waals surface area contributed by atoms with Crippen molar-refractivity contribution in [2.75, 3.05) is 0 Å². The maximum Gasteiger partial charge on any atom is 0.126 e. The first-order valence-electron chi connectivity index (χ1n) is 5.92. The summed E-state index contributed by atoms with van der Waals surface area (Å²) in [7, 11) is 0. The van der Waals surface area contributed by atoms with Gasteiger partial charge in [0.05, 0.1) is 0 Å². The molecule has 2 rings (SSSR count). The van der Waals surface area contributed by atoms with Crippen LogP contribution in [0, 0.1) is 18.6 Å². The van der Waals surface area contributed by atoms with Gasteiger partial charge in [0.1, 0.15) is 11.6 Å². The van der Waals surface area contributed by atoms with Gasteiger partial charge >= 0.3 is 0 Å². The Morgan fingerprint density at radius 1 is 1.11 bits per heavy atom. The Morgan fingerprint density at radius 3 is 2.32 bits per heavy atom. The zero-order valence-electron chi connectivity index (χ0n) is 10.5. The van der Waals surface area contributed by atoms with Crippen molar-refractivity contribution in [3.05, 3.63) is 69.7 Å². The lowest BCUT2D eigenvalue weighted by molar-refractivity contribution is 0.576. The van der Waals surface area contributed by atoms with Crippen LogP contribution < -0.4 is 5.73 Å². The zero-order chi connectivity index (χ0) is 14.0. The molecule has 2 aromatic rings. The van der Waals surface area contributed by atoms with E-state index >= 15 is 0 Å². The van der Waals surface area contributed by atoms with E-state index in [1.54, 1.807) is 0 Å². The van der Waals surface area contributed by atoms with E-state index in [0.717, 1.165) is 17.2 Å². The number of rotatable bonds is 3. The molecule has 0 radical (unpaired) electrons. The summed E-state index contributed by atoms with van der Waals surface area (Å²) < 4.78 is 26.2. The predicted octanol–water partition coefficient (Wildman–Crippen LogP) is 4.17. The van der Waals surface area contributed by atoms with Gasteiger partial charge in [-0.15, -0.1) is 0 Å². The lowest BCUT2D eigenvalue weighted by Crippen LogP contribution is -2.14. The highest BCUT2D eigenvalue weighted by Gasteiger charge is 2.12. The number of benzene rings is 2. The van der Waals surface area contributed by atoms with Crippen molar-refractivity contribution in [3.8, 4) is 0 Å². The van der Waals surface area contributed by atoms with Gasteiger partial charge in [-0.25, -0.2) is 8.78 Å². The minimum atomic E-state index is -0.600. The van der Waals surface area contributed by atoms with E-state index in [1.807, 2.05) is 25.1 Å². The third kappa shape index (κ3) is 3.52. The Labute approximate surface area is 116 Å². The SMILES string of the molecule is Cc1ccc(C(N)Cc2cc(F)cc(F)c2)c(Cl)c1. The summed E-state index contributed by atoms with van der Waals surface area (Å²) in [5.41, 5.74) is 8.38. The van der Waals surface area contributed by atoms with E-state index in [-0.39, 0.29) is 0 Å². The summed E-state index contributed by atoms with van der Waals surface area (Å²) in [6.45, 7) is 1.93. The van der Waals surface area contributed by atoms with Crippen LogP contribution in [0.3, 0.4) is 0 Å². The van der Waals surface area contributed by atoms with Crippen LogP contribution >= 0.6 is 11.6 Å². The molecular formula is C15H14ClF2N. The maximum atomic E-state index is 13.1. The first-order chi connectivity index (χ1) is 8.95. The van der Waals surface area contributed by atoms with Crippen molar-refractivity contribution in [2.45, 2.75) is 19.4 Å². The average molecular weight is 282 g/mol. The van der Waals surface area contributed by atoms with E-state index in [1.165, 1.54) is 12.1 Å². The van der Waals surface area contributed by atoms with Crippen LogP contribution in [-0.4, -0.2) is 0 Å². The minimum Gasteiger partial charge on any atom is -0.324 e. The fraction of sp³-hybridized carbons (Fsp3) is 0.200. The normalized spacial score (nSPS) is 12.5. The molecule has 1 atom stereocenters. The molecule has 0 spiro atoms. The maximum absolute atomic E-state index is 13.1. The Balaban J connectivity index is 2.22. The number of hydrogen-bond acceptors (Lipinski definition) is 1. The lowest BCUT2D eigenvalue weighted by Gasteiger charge is -2.14. The molecule has 0 saturated heterocycles. The second kappa shape index (κ2) is 5.68. The second-order valence-electron chi connectivity index (χ2n) is 4.61. The van der Waals surface area contributed by atoms with Crippen LogP contribution in [0.5, 0.6) is 0 Å². The molecule has 1 unspecified atom stereocenters. The highest BCUT2D eigenvalue weighted by atomic mass is 35.5. The van der Waals surface area contributed by atoms with Gasteiger partial charge in [-0.1, -0.05) is 23.7 Å². The molecule has 4 heteroatoms. The van der Waals surface area contributed by atoms with Gasteiger partial charge in [0.15, 0.2) is 0 Å². The Morgan fingerprint density at radius 2 is 1.74 bits per heavy atom. The van der Waals surface area contributed by atoms with E-state index in [2.05, 4.69) is 0 Å². The number of nitrogens with two attached hydrogens (primary N) is 1. The van der Waals surface area contributed by atoms with E-state index in [0.29, 0.717) is 17.0 Å². The van der Waals surface area contributed by atoms with Crippen molar-refractivity contribution in [3.63, 3.8) is 0 Å². The molecule has 0 heterocycles. The molecule has 19 heavy (non-hydrogen) atoms. The standard InChI is InChI=1S/C15H14ClF2N/c1-9-2-3-13(14(16)4-9)15(19)7-10-5-11(17)8-12(18)6-10/h2-6,8,15H,7,19H2,1H3. The summed E-state index contributed by atoms with van der Waals surface area (Å²) in [6.07, 6.45) is 0.331. The highest BCUT2D eigenvalue weighted by Crippen LogP contribution is 2.25. The molecule has 0 bridgehead atoms. The van der Waals surface area contributed by atoms with Gasteiger partial charge < -0.3 is 5.73 Å². The van der Waals surface area contributed by atoms with Crippen molar-refractivity contribution < 1.29 is 8.78 Å². The number of hydrogen-bond donors (Lipinski definition) is 1. The lowest BCUT2D eigenvalue weighted by atomic mass is 9.98. The van der Waals surface area contributed by atoms with Crippen LogP contribution in [0.15, 0.2) is 36.4 Å². The first kappa shape index (κ1) is 14.0. The van der Waals surface area contributed by atoms with Crippen LogP contribution in [0.25, 0.3) is 0 Å². The quantitative estimate of drug-likeness (QED) is 0.898. The van der Waals surface area contributed by atoms with Crippen molar-refractivity contribution >= 4 is 11.6 Å². The molecule has 1 nitrogen and oxygen atoms in total. The Bertz CT molecular complexity index is 578. The molecule has 0 amide bonds. The molecule has 2 N–H and O–H groups in total. The van der Waals surface area contributed by atoms with E-state index < -0.39 is 17.7 Å². The highest BCUT2D eigenvalue weighted by molar-refractivity contribution is 6.31. The molecule has 0 aromatic heterocycles. The smallest absolute Gasteiger partial charge is 0.126 e. The van der Waals surface area contributed by atoms with Gasteiger partial charge in [0, 0.05) is 17.1 Å². The van der Waals surface area contributed by atoms with E-state index in [4.69, 9.17) is 17.3 Å². The zero-order valence-corrected chi connectivity index (χ0v) is 11.2. The third-order valence-corrected chi connectivity index (χ3v) is 3.26. The molecule has 2 aromatic carbocycles. The van der Waals surface area contributed by atoms with Gasteiger partial charge in [0.25, 0.3) is 0 Å². The molecule has 100 valence electrons. The van der Waals surface area contributed by atoms with Gasteiger partial charge in [-0.3, -0.25) is 0 Å². The van der Waals surface area contributed by atoms with Crippen LogP contribution in [0.4, 0.5) is 8.78 Å². The summed E-state index contributed by atoms with van der Waals surface area (Å²) >= 11 is 6.13.